The first-order chi connectivity index (χ1) is 10.1. The monoisotopic (exact) mass is 306 g/mol. The van der Waals surface area contributed by atoms with E-state index in [0.717, 1.165) is 5.56 Å². The Bertz CT molecular complexity index is 592. The Balaban J connectivity index is 1.65. The molecule has 6 nitrogen and oxygen atoms in total. The van der Waals surface area contributed by atoms with Gasteiger partial charge in [-0.05, 0) is 5.56 Å². The minimum atomic E-state index is -1.08. The molecule has 2 heterocycles. The van der Waals surface area contributed by atoms with Gasteiger partial charge in [0.25, 0.3) is 0 Å². The number of carboxylic acid groups (broad SMARTS) is 1. The van der Waals surface area contributed by atoms with Gasteiger partial charge in [-0.15, -0.1) is 11.8 Å². The molecule has 0 saturated carbocycles. The molecule has 2 amide bonds. The topological polar surface area (TPSA) is 86.7 Å². The number of aliphatic carboxylic acids is 1. The van der Waals surface area contributed by atoms with Gasteiger partial charge in [-0.3, -0.25) is 9.59 Å². The molecule has 1 aromatic carbocycles. The number of amides is 2. The lowest BCUT2D eigenvalue weighted by Gasteiger charge is -2.35. The highest BCUT2D eigenvalue weighted by Crippen LogP contribution is 2.43. The third-order valence-corrected chi connectivity index (χ3v) is 4.98. The molecule has 0 bridgehead atoms. The van der Waals surface area contributed by atoms with Gasteiger partial charge in [0.15, 0.2) is 6.04 Å². The largest absolute Gasteiger partial charge is 0.480 e. The van der Waals surface area contributed by atoms with Crippen molar-refractivity contribution in [3.05, 3.63) is 35.9 Å². The summed E-state index contributed by atoms with van der Waals surface area (Å²) >= 11 is 1.33. The Hall–Kier alpha value is -2.02. The van der Waals surface area contributed by atoms with Gasteiger partial charge in [0.1, 0.15) is 5.37 Å². The van der Waals surface area contributed by atoms with Crippen molar-refractivity contribution in [2.24, 2.45) is 0 Å². The first-order valence-corrected chi connectivity index (χ1v) is 7.53. The van der Waals surface area contributed by atoms with Gasteiger partial charge >= 0.3 is 5.97 Å². The number of nitrogens with one attached hydrogen (secondary N) is 1. The van der Waals surface area contributed by atoms with Crippen molar-refractivity contribution in [1.29, 1.82) is 0 Å². The van der Waals surface area contributed by atoms with Crippen molar-refractivity contribution in [1.82, 2.24) is 10.2 Å². The van der Waals surface area contributed by atoms with Gasteiger partial charge in [-0.25, -0.2) is 4.79 Å². The van der Waals surface area contributed by atoms with Crippen LogP contribution in [0.15, 0.2) is 30.3 Å². The van der Waals surface area contributed by atoms with Crippen molar-refractivity contribution in [3.63, 3.8) is 0 Å². The zero-order chi connectivity index (χ0) is 15.0. The van der Waals surface area contributed by atoms with Crippen molar-refractivity contribution < 1.29 is 19.5 Å². The maximum Gasteiger partial charge on any atom is 0.329 e. The SMILES string of the molecule is O=C(Cc1ccccc1)NC1S[C@@H]2CC(=O)N2C1C(=O)O. The van der Waals surface area contributed by atoms with Crippen LogP contribution in [-0.2, 0) is 20.8 Å². The minimum Gasteiger partial charge on any atom is -0.480 e. The lowest BCUT2D eigenvalue weighted by molar-refractivity contribution is -0.156. The number of thioether (sulfide) groups is 1. The summed E-state index contributed by atoms with van der Waals surface area (Å²) in [5.74, 6) is -1.48. The van der Waals surface area contributed by atoms with E-state index in [-0.39, 0.29) is 23.6 Å². The van der Waals surface area contributed by atoms with Crippen molar-refractivity contribution in [2.45, 2.75) is 29.6 Å². The fraction of sp³-hybridized carbons (Fsp3) is 0.357. The molecule has 3 rings (SSSR count). The van der Waals surface area contributed by atoms with Gasteiger partial charge in [0.05, 0.1) is 18.2 Å². The second-order valence-corrected chi connectivity index (χ2v) is 6.35. The molecular formula is C14H14N2O4S. The van der Waals surface area contributed by atoms with E-state index in [1.165, 1.54) is 16.7 Å². The van der Waals surface area contributed by atoms with Crippen LogP contribution in [0.2, 0.25) is 0 Å². The number of carboxylic acids is 1. The van der Waals surface area contributed by atoms with Gasteiger partial charge in [-0.1, -0.05) is 30.3 Å². The number of benzene rings is 1. The maximum atomic E-state index is 12.0. The predicted molar refractivity (Wildman–Crippen MR) is 76.3 cm³/mol. The number of carbonyl (C=O) groups excluding carboxylic acids is 2. The second-order valence-electron chi connectivity index (χ2n) is 5.03. The molecule has 0 aliphatic carbocycles. The number of fused-ring (bicyclic) bond motifs is 1. The summed E-state index contributed by atoms with van der Waals surface area (Å²) in [4.78, 5) is 36.2. The van der Waals surface area contributed by atoms with Crippen LogP contribution in [0.1, 0.15) is 12.0 Å². The van der Waals surface area contributed by atoms with Crippen LogP contribution in [0.5, 0.6) is 0 Å². The molecular weight excluding hydrogens is 292 g/mol. The Morgan fingerprint density at radius 2 is 2.05 bits per heavy atom. The standard InChI is InChI=1S/C14H14N2O4S/c17-9(6-8-4-2-1-3-5-8)15-13-12(14(19)20)16-10(18)7-11(16)21-13/h1-5,11-13H,6-7H2,(H,15,17)(H,19,20)/t11-,12?,13?/m1/s1. The molecule has 0 radical (unpaired) electrons. The smallest absolute Gasteiger partial charge is 0.329 e. The highest BCUT2D eigenvalue weighted by Gasteiger charge is 2.55. The molecule has 2 N–H and O–H groups in total. The second kappa shape index (κ2) is 5.40. The van der Waals surface area contributed by atoms with E-state index in [4.69, 9.17) is 0 Å². The Morgan fingerprint density at radius 3 is 2.67 bits per heavy atom. The van der Waals surface area contributed by atoms with E-state index in [2.05, 4.69) is 5.32 Å². The molecule has 7 heteroatoms. The van der Waals surface area contributed by atoms with Crippen LogP contribution in [0.4, 0.5) is 0 Å². The van der Waals surface area contributed by atoms with Gasteiger partial charge in [-0.2, -0.15) is 0 Å². The zero-order valence-electron chi connectivity index (χ0n) is 11.1. The van der Waals surface area contributed by atoms with Crippen LogP contribution >= 0.6 is 11.8 Å². The molecule has 110 valence electrons. The quantitative estimate of drug-likeness (QED) is 0.788. The molecule has 21 heavy (non-hydrogen) atoms. The zero-order valence-corrected chi connectivity index (χ0v) is 11.9. The van der Waals surface area contributed by atoms with Crippen LogP contribution in [-0.4, -0.2) is 44.6 Å². The fourth-order valence-electron chi connectivity index (χ4n) is 2.59. The van der Waals surface area contributed by atoms with Crippen LogP contribution in [0.3, 0.4) is 0 Å². The van der Waals surface area contributed by atoms with Crippen molar-refractivity contribution in [2.75, 3.05) is 0 Å². The third kappa shape index (κ3) is 2.61. The number of nitrogens with zero attached hydrogens (tertiary/aromatic N) is 1. The normalized spacial score (nSPS) is 27.0. The van der Waals surface area contributed by atoms with E-state index in [1.54, 1.807) is 0 Å². The molecule has 2 aliphatic rings. The summed E-state index contributed by atoms with van der Waals surface area (Å²) in [7, 11) is 0. The van der Waals surface area contributed by atoms with Crippen molar-refractivity contribution in [3.8, 4) is 0 Å². The summed E-state index contributed by atoms with van der Waals surface area (Å²) in [5.41, 5.74) is 0.865. The van der Waals surface area contributed by atoms with Crippen molar-refractivity contribution >= 4 is 29.5 Å². The number of rotatable bonds is 4. The summed E-state index contributed by atoms with van der Waals surface area (Å²) < 4.78 is 0. The molecule has 2 unspecified atom stereocenters. The average molecular weight is 306 g/mol. The fourth-order valence-corrected chi connectivity index (χ4v) is 4.14. The Morgan fingerprint density at radius 1 is 1.33 bits per heavy atom. The summed E-state index contributed by atoms with van der Waals surface area (Å²) in [5, 5.41) is 11.3. The molecule has 1 aromatic rings. The average Bonchev–Trinajstić information content (AvgIpc) is 2.72. The van der Waals surface area contributed by atoms with E-state index in [1.807, 2.05) is 30.3 Å². The Kier molecular flexibility index (Phi) is 3.59. The van der Waals surface area contributed by atoms with Crippen LogP contribution < -0.4 is 5.32 Å². The van der Waals surface area contributed by atoms with Gasteiger partial charge < -0.3 is 15.3 Å². The molecule has 0 aromatic heterocycles. The first kappa shape index (κ1) is 13.9. The lowest BCUT2D eigenvalue weighted by Crippen LogP contribution is -2.57. The van der Waals surface area contributed by atoms with Gasteiger partial charge in [0, 0.05) is 0 Å². The number of hydrogen-bond acceptors (Lipinski definition) is 4. The lowest BCUT2D eigenvalue weighted by atomic mass is 10.1. The molecule has 2 saturated heterocycles. The third-order valence-electron chi connectivity index (χ3n) is 3.60. The van der Waals surface area contributed by atoms with E-state index in [0.29, 0.717) is 6.42 Å². The molecule has 2 aliphatic heterocycles. The number of carbonyl (C=O) groups is 3. The van der Waals surface area contributed by atoms with E-state index in [9.17, 15) is 19.5 Å². The number of hydrogen-bond donors (Lipinski definition) is 2. The maximum absolute atomic E-state index is 12.0. The summed E-state index contributed by atoms with van der Waals surface area (Å²) in [6, 6.07) is 8.26. The van der Waals surface area contributed by atoms with Gasteiger partial charge in [0.2, 0.25) is 11.8 Å². The van der Waals surface area contributed by atoms with E-state index >= 15 is 0 Å². The highest BCUT2D eigenvalue weighted by molar-refractivity contribution is 8.01. The molecule has 2 fully saturated rings. The minimum absolute atomic E-state index is 0.124. The number of β-lactam (4-membered cyclic amide) rings is 1. The summed E-state index contributed by atoms with van der Waals surface area (Å²) in [6.45, 7) is 0. The molecule has 3 atom stereocenters. The van der Waals surface area contributed by atoms with Crippen LogP contribution in [0.25, 0.3) is 0 Å². The van der Waals surface area contributed by atoms with Crippen LogP contribution in [0, 0.1) is 0 Å². The predicted octanol–water partition coefficient (Wildman–Crippen LogP) is 0.430. The first-order valence-electron chi connectivity index (χ1n) is 6.59. The highest BCUT2D eigenvalue weighted by atomic mass is 32.2. The Labute approximate surface area is 125 Å². The summed E-state index contributed by atoms with van der Waals surface area (Å²) in [6.07, 6.45) is 0.544. The molecule has 0 spiro atoms. The van der Waals surface area contributed by atoms with E-state index < -0.39 is 17.4 Å².